The maximum atomic E-state index is 7.68. The molecule has 0 saturated carbocycles. The SMILES string of the molecule is [2H]N1CCC(c2cccc(OCc3ccc(Cl)c4cc(C)oc34)n2)CC1. The highest BCUT2D eigenvalue weighted by Crippen LogP contribution is 2.30. The van der Waals surface area contributed by atoms with Crippen LogP contribution in [0.3, 0.4) is 0 Å². The van der Waals surface area contributed by atoms with Crippen LogP contribution in [0.25, 0.3) is 11.0 Å². The molecule has 4 rings (SSSR count). The molecule has 1 aliphatic heterocycles. The lowest BCUT2D eigenvalue weighted by atomic mass is 9.94. The van der Waals surface area contributed by atoms with Gasteiger partial charge < -0.3 is 14.5 Å². The molecule has 1 saturated heterocycles. The number of piperidine rings is 1. The summed E-state index contributed by atoms with van der Waals surface area (Å²) in [4.78, 5) is 4.68. The van der Waals surface area contributed by atoms with Gasteiger partial charge in [0.25, 0.3) is 0 Å². The average Bonchev–Trinajstić information content (AvgIpc) is 3.05. The van der Waals surface area contributed by atoms with Gasteiger partial charge in [-0.2, -0.15) is 0 Å². The van der Waals surface area contributed by atoms with Crippen molar-refractivity contribution in [2.75, 3.05) is 13.1 Å². The van der Waals surface area contributed by atoms with Gasteiger partial charge in [0.15, 0.2) is 0 Å². The Morgan fingerprint density at radius 2 is 2.16 bits per heavy atom. The highest BCUT2D eigenvalue weighted by molar-refractivity contribution is 6.35. The summed E-state index contributed by atoms with van der Waals surface area (Å²) in [7, 11) is 0. The first kappa shape index (κ1) is 15.2. The van der Waals surface area contributed by atoms with Gasteiger partial charge in [0.05, 0.1) is 5.02 Å². The van der Waals surface area contributed by atoms with Crippen molar-refractivity contribution in [3.63, 3.8) is 0 Å². The standard InChI is InChI=1S/C20H21ClN2O2/c1-13-11-16-17(21)6-5-15(20(16)25-13)12-24-19-4-2-3-18(23-19)14-7-9-22-10-8-14/h2-6,11,14,22H,7-10,12H2,1H3/i/hD. The second-order valence-electron chi connectivity index (χ2n) is 6.44. The lowest BCUT2D eigenvalue weighted by molar-refractivity contribution is 0.291. The first-order valence-corrected chi connectivity index (χ1v) is 8.99. The molecule has 3 aromatic rings. The fourth-order valence-corrected chi connectivity index (χ4v) is 3.52. The summed E-state index contributed by atoms with van der Waals surface area (Å²) in [5.74, 6) is 1.84. The van der Waals surface area contributed by atoms with Crippen LogP contribution in [0.2, 0.25) is 6.43 Å². The van der Waals surface area contributed by atoms with E-state index in [2.05, 4.69) is 4.98 Å². The van der Waals surface area contributed by atoms with Crippen LogP contribution in [0.1, 0.15) is 35.8 Å². The molecule has 130 valence electrons. The van der Waals surface area contributed by atoms with Crippen LogP contribution in [0.15, 0.2) is 40.8 Å². The van der Waals surface area contributed by atoms with Gasteiger partial charge in [0, 0.05) is 28.6 Å². The number of benzene rings is 1. The number of nitrogens with zero attached hydrogens (tertiary/aromatic N) is 1. The van der Waals surface area contributed by atoms with Crippen molar-refractivity contribution < 1.29 is 10.6 Å². The van der Waals surface area contributed by atoms with Crippen molar-refractivity contribution in [3.05, 3.63) is 58.4 Å². The Bertz CT molecular complexity index is 919. The van der Waals surface area contributed by atoms with Crippen molar-refractivity contribution in [3.8, 4) is 5.88 Å². The number of hydrogen-bond donors (Lipinski definition) is 1. The van der Waals surface area contributed by atoms with E-state index < -0.39 is 0 Å². The van der Waals surface area contributed by atoms with Crippen LogP contribution < -0.4 is 10.0 Å². The summed E-state index contributed by atoms with van der Waals surface area (Å²) in [5, 5.41) is 3.21. The van der Waals surface area contributed by atoms with Gasteiger partial charge >= 0.3 is 0 Å². The summed E-state index contributed by atoms with van der Waals surface area (Å²) < 4.78 is 19.4. The summed E-state index contributed by atoms with van der Waals surface area (Å²) in [5.41, 5.74) is 2.77. The zero-order chi connectivity index (χ0) is 18.1. The third kappa shape index (κ3) is 3.51. The maximum Gasteiger partial charge on any atom is 0.213 e. The zero-order valence-corrected chi connectivity index (χ0v) is 14.9. The Morgan fingerprint density at radius 3 is 3.00 bits per heavy atom. The normalized spacial score (nSPS) is 17.0. The minimum atomic E-state index is 0.377. The molecule has 1 N–H and O–H groups in total. The molecule has 0 bridgehead atoms. The molecule has 5 heteroatoms. The van der Waals surface area contributed by atoms with E-state index in [0.29, 0.717) is 23.4 Å². The van der Waals surface area contributed by atoms with E-state index in [-0.39, 0.29) is 0 Å². The van der Waals surface area contributed by atoms with Crippen LogP contribution in [0.5, 0.6) is 5.88 Å². The molecule has 1 aromatic carbocycles. The molecule has 0 unspecified atom stereocenters. The first-order valence-electron chi connectivity index (χ1n) is 9.06. The third-order valence-corrected chi connectivity index (χ3v) is 4.97. The molecule has 4 nitrogen and oxygen atoms in total. The number of aromatic nitrogens is 1. The quantitative estimate of drug-likeness (QED) is 0.726. The van der Waals surface area contributed by atoms with Crippen LogP contribution in [0.4, 0.5) is 0 Å². The van der Waals surface area contributed by atoms with Gasteiger partial charge in [-0.15, -0.1) is 0 Å². The first-order chi connectivity index (χ1) is 12.6. The number of hydrogen-bond acceptors (Lipinski definition) is 4. The van der Waals surface area contributed by atoms with Crippen LogP contribution >= 0.6 is 11.6 Å². The number of furan rings is 1. The predicted octanol–water partition coefficient (Wildman–Crippen LogP) is 4.84. The van der Waals surface area contributed by atoms with E-state index in [1.54, 1.807) is 5.31 Å². The smallest absolute Gasteiger partial charge is 0.213 e. The van der Waals surface area contributed by atoms with Gasteiger partial charge in [0.2, 0.25) is 5.88 Å². The molecule has 3 heterocycles. The summed E-state index contributed by atoms with van der Waals surface area (Å²) in [6.45, 7) is 3.87. The fraction of sp³-hybridized carbons (Fsp3) is 0.350. The molecule has 1 fully saturated rings. The Kier molecular flexibility index (Phi) is 4.30. The molecule has 0 aliphatic carbocycles. The van der Waals surface area contributed by atoms with Gasteiger partial charge in [-0.3, -0.25) is 0 Å². The maximum absolute atomic E-state index is 7.68. The number of rotatable bonds is 4. The van der Waals surface area contributed by atoms with Crippen LogP contribution in [-0.2, 0) is 6.61 Å². The van der Waals surface area contributed by atoms with Crippen molar-refractivity contribution in [2.45, 2.75) is 32.3 Å². The number of nitrogens with one attached hydrogen (secondary N) is 1. The topological polar surface area (TPSA) is 47.3 Å². The van der Waals surface area contributed by atoms with Crippen molar-refractivity contribution >= 4 is 22.6 Å². The van der Waals surface area contributed by atoms with Crippen molar-refractivity contribution in [1.82, 2.24) is 10.3 Å². The molecule has 25 heavy (non-hydrogen) atoms. The Balaban J connectivity index is 1.50. The largest absolute Gasteiger partial charge is 0.473 e. The van der Waals surface area contributed by atoms with Gasteiger partial charge in [-0.25, -0.2) is 4.98 Å². The minimum Gasteiger partial charge on any atom is -0.473 e. The monoisotopic (exact) mass is 357 g/mol. The lowest BCUT2D eigenvalue weighted by Gasteiger charge is -2.22. The molecular weight excluding hydrogens is 336 g/mol. The fourth-order valence-electron chi connectivity index (χ4n) is 3.32. The Labute approximate surface area is 153 Å². The van der Waals surface area contributed by atoms with Gasteiger partial charge in [-0.05, 0) is 51.1 Å². The van der Waals surface area contributed by atoms with E-state index in [4.69, 9.17) is 22.2 Å². The molecule has 2 aromatic heterocycles. The summed E-state index contributed by atoms with van der Waals surface area (Å²) >= 11 is 6.25. The van der Waals surface area contributed by atoms with Gasteiger partial charge in [-0.1, -0.05) is 23.7 Å². The number of fused-ring (bicyclic) bond motifs is 1. The molecule has 1 aliphatic rings. The highest BCUT2D eigenvalue weighted by atomic mass is 35.5. The van der Waals surface area contributed by atoms with Crippen molar-refractivity contribution in [2.24, 2.45) is 0 Å². The van der Waals surface area contributed by atoms with E-state index in [9.17, 15) is 0 Å². The second kappa shape index (κ2) is 7.06. The highest BCUT2D eigenvalue weighted by Gasteiger charge is 2.17. The Hall–Kier alpha value is -2.04. The van der Waals surface area contributed by atoms with Crippen LogP contribution in [-0.4, -0.2) is 18.1 Å². The molecular formula is C20H21ClN2O2. The van der Waals surface area contributed by atoms with Crippen molar-refractivity contribution in [1.29, 1.82) is 0 Å². The lowest BCUT2D eigenvalue weighted by Crippen LogP contribution is -2.27. The molecule has 0 radical (unpaired) electrons. The number of ether oxygens (including phenoxy) is 1. The number of aryl methyl sites for hydroxylation is 1. The van der Waals surface area contributed by atoms with E-state index >= 15 is 0 Å². The Morgan fingerprint density at radius 1 is 1.32 bits per heavy atom. The molecule has 0 spiro atoms. The molecule has 0 amide bonds. The van der Waals surface area contributed by atoms with E-state index in [0.717, 1.165) is 53.9 Å². The van der Waals surface area contributed by atoms with E-state index in [1.807, 2.05) is 43.3 Å². The van der Waals surface area contributed by atoms with Gasteiger partial charge in [0.1, 0.15) is 19.4 Å². The minimum absolute atomic E-state index is 0.377. The summed E-state index contributed by atoms with van der Waals surface area (Å²) in [6.07, 6.45) is 1.92. The third-order valence-electron chi connectivity index (χ3n) is 4.65. The number of halogens is 1. The average molecular weight is 358 g/mol. The number of pyridine rings is 1. The summed E-state index contributed by atoms with van der Waals surface area (Å²) in [6, 6.07) is 11.7. The second-order valence-corrected chi connectivity index (χ2v) is 6.85. The van der Waals surface area contributed by atoms with E-state index in [1.165, 1.54) is 0 Å². The zero-order valence-electron chi connectivity index (χ0n) is 15.2. The predicted molar refractivity (Wildman–Crippen MR) is 99.4 cm³/mol. The van der Waals surface area contributed by atoms with Crippen LogP contribution in [0, 0.1) is 6.92 Å². The molecule has 0 atom stereocenters.